The van der Waals surface area contributed by atoms with Crippen LogP contribution in [0.5, 0.6) is 0 Å². The molecule has 0 saturated carbocycles. The van der Waals surface area contributed by atoms with Gasteiger partial charge in [0.2, 0.25) is 5.95 Å². The predicted octanol–water partition coefficient (Wildman–Crippen LogP) is 2.25. The Morgan fingerprint density at radius 3 is 2.76 bits per heavy atom. The van der Waals surface area contributed by atoms with Crippen LogP contribution in [0, 0.1) is 0 Å². The highest BCUT2D eigenvalue weighted by atomic mass is 35.5. The molecule has 0 radical (unpaired) electrons. The molecule has 0 unspecified atom stereocenters. The van der Waals surface area contributed by atoms with Crippen molar-refractivity contribution < 1.29 is 5.11 Å². The maximum absolute atomic E-state index is 10.2. The Hall–Kier alpha value is -2.18. The molecule has 21 heavy (non-hydrogen) atoms. The van der Waals surface area contributed by atoms with Crippen LogP contribution in [0.3, 0.4) is 0 Å². The highest BCUT2D eigenvalue weighted by Crippen LogP contribution is 2.31. The number of rotatable bonds is 2. The summed E-state index contributed by atoms with van der Waals surface area (Å²) in [6.07, 6.45) is 3.11. The zero-order chi connectivity index (χ0) is 15.2. The molecule has 0 bridgehead atoms. The first-order chi connectivity index (χ1) is 9.88. The first kappa shape index (κ1) is 13.8. The van der Waals surface area contributed by atoms with Gasteiger partial charge in [-0.25, -0.2) is 14.5 Å². The molecule has 3 aromatic heterocycles. The topological polar surface area (TPSA) is 89.3 Å². The van der Waals surface area contributed by atoms with E-state index in [2.05, 4.69) is 15.1 Å². The van der Waals surface area contributed by atoms with Crippen LogP contribution in [-0.2, 0) is 5.60 Å². The van der Waals surface area contributed by atoms with Gasteiger partial charge < -0.3 is 10.8 Å². The van der Waals surface area contributed by atoms with Gasteiger partial charge in [0.05, 0.1) is 34.3 Å². The molecule has 0 aliphatic carbocycles. The molecule has 3 heterocycles. The van der Waals surface area contributed by atoms with Crippen LogP contribution in [-0.4, -0.2) is 24.7 Å². The predicted molar refractivity (Wildman–Crippen MR) is 80.9 cm³/mol. The van der Waals surface area contributed by atoms with Crippen molar-refractivity contribution in [1.82, 2.24) is 19.6 Å². The Labute approximate surface area is 126 Å². The van der Waals surface area contributed by atoms with Gasteiger partial charge in [0.25, 0.3) is 0 Å². The van der Waals surface area contributed by atoms with Gasteiger partial charge in [-0.2, -0.15) is 5.10 Å². The second-order valence-corrected chi connectivity index (χ2v) is 5.66. The number of aliphatic hydroxyl groups is 1. The molecule has 0 fully saturated rings. The number of nitrogen functional groups attached to an aromatic ring is 1. The van der Waals surface area contributed by atoms with Crippen LogP contribution < -0.4 is 5.73 Å². The minimum atomic E-state index is -1.02. The van der Waals surface area contributed by atoms with E-state index in [0.29, 0.717) is 16.4 Å². The molecule has 6 nitrogen and oxygen atoms in total. The van der Waals surface area contributed by atoms with E-state index in [1.807, 2.05) is 18.2 Å². The molecule has 0 spiro atoms. The third-order valence-corrected chi connectivity index (χ3v) is 3.46. The van der Waals surface area contributed by atoms with Crippen LogP contribution in [0.15, 0.2) is 30.6 Å². The van der Waals surface area contributed by atoms with E-state index >= 15 is 0 Å². The second-order valence-electron chi connectivity index (χ2n) is 5.25. The Bertz CT molecular complexity index is 822. The number of hydrogen-bond donors (Lipinski definition) is 2. The SMILES string of the molecule is CC(C)(O)c1cccc2c(-c3nc(N)ncc3Cl)cnn12. The van der Waals surface area contributed by atoms with E-state index < -0.39 is 5.60 Å². The normalized spacial score (nSPS) is 12.0. The van der Waals surface area contributed by atoms with Crippen molar-refractivity contribution in [2.24, 2.45) is 0 Å². The molecule has 3 N–H and O–H groups in total. The quantitative estimate of drug-likeness (QED) is 0.758. The molecule has 0 saturated heterocycles. The lowest BCUT2D eigenvalue weighted by molar-refractivity contribution is 0.0715. The molecule has 3 aromatic rings. The lowest BCUT2D eigenvalue weighted by atomic mass is 10.0. The molecule has 0 aromatic carbocycles. The van der Waals surface area contributed by atoms with Crippen molar-refractivity contribution in [3.05, 3.63) is 41.3 Å². The van der Waals surface area contributed by atoms with E-state index in [-0.39, 0.29) is 5.95 Å². The van der Waals surface area contributed by atoms with Crippen molar-refractivity contribution in [1.29, 1.82) is 0 Å². The van der Waals surface area contributed by atoms with E-state index in [1.54, 1.807) is 24.6 Å². The zero-order valence-electron chi connectivity index (χ0n) is 11.6. The van der Waals surface area contributed by atoms with Crippen LogP contribution in [0.1, 0.15) is 19.5 Å². The third-order valence-electron chi connectivity index (χ3n) is 3.19. The lowest BCUT2D eigenvalue weighted by Gasteiger charge is -2.18. The number of nitrogens with zero attached hydrogens (tertiary/aromatic N) is 4. The summed E-state index contributed by atoms with van der Waals surface area (Å²) in [5.74, 6) is 0.146. The van der Waals surface area contributed by atoms with Crippen molar-refractivity contribution in [2.45, 2.75) is 19.4 Å². The standard InChI is InChI=1S/C14H14ClN5O/c1-14(2,21)11-5-3-4-10-8(6-18-20(10)11)12-9(15)7-17-13(16)19-12/h3-7,21H,1-2H3,(H2,16,17,19). The van der Waals surface area contributed by atoms with Crippen LogP contribution >= 0.6 is 11.6 Å². The van der Waals surface area contributed by atoms with Crippen molar-refractivity contribution in [3.8, 4) is 11.3 Å². The summed E-state index contributed by atoms with van der Waals surface area (Å²) in [5, 5.41) is 15.0. The van der Waals surface area contributed by atoms with Gasteiger partial charge in [-0.05, 0) is 26.0 Å². The van der Waals surface area contributed by atoms with Crippen LogP contribution in [0.4, 0.5) is 5.95 Å². The number of halogens is 1. The highest BCUT2D eigenvalue weighted by molar-refractivity contribution is 6.33. The molecular formula is C14H14ClN5O. The third kappa shape index (κ3) is 2.32. The number of nitrogens with two attached hydrogens (primary N) is 1. The molecule has 0 amide bonds. The van der Waals surface area contributed by atoms with Gasteiger partial charge in [0.15, 0.2) is 0 Å². The maximum atomic E-state index is 10.2. The summed E-state index contributed by atoms with van der Waals surface area (Å²) in [4.78, 5) is 8.03. The van der Waals surface area contributed by atoms with Gasteiger partial charge in [-0.3, -0.25) is 0 Å². The Morgan fingerprint density at radius 1 is 1.29 bits per heavy atom. The summed E-state index contributed by atoms with van der Waals surface area (Å²) in [7, 11) is 0. The number of anilines is 1. The highest BCUT2D eigenvalue weighted by Gasteiger charge is 2.22. The van der Waals surface area contributed by atoms with Gasteiger partial charge in [0.1, 0.15) is 5.60 Å². The first-order valence-corrected chi connectivity index (χ1v) is 6.74. The fourth-order valence-electron chi connectivity index (χ4n) is 2.23. The lowest BCUT2D eigenvalue weighted by Crippen LogP contribution is -2.20. The molecular weight excluding hydrogens is 290 g/mol. The average Bonchev–Trinajstić information content (AvgIpc) is 2.84. The van der Waals surface area contributed by atoms with E-state index in [9.17, 15) is 5.11 Å². The minimum absolute atomic E-state index is 0.146. The largest absolute Gasteiger partial charge is 0.384 e. The Kier molecular flexibility index (Phi) is 3.07. The summed E-state index contributed by atoms with van der Waals surface area (Å²) in [5.41, 5.74) is 7.33. The zero-order valence-corrected chi connectivity index (χ0v) is 12.3. The van der Waals surface area contributed by atoms with E-state index in [1.165, 1.54) is 6.20 Å². The number of hydrogen-bond acceptors (Lipinski definition) is 5. The molecule has 3 rings (SSSR count). The monoisotopic (exact) mass is 303 g/mol. The fraction of sp³-hybridized carbons (Fsp3) is 0.214. The molecule has 0 aliphatic heterocycles. The van der Waals surface area contributed by atoms with Gasteiger partial charge in [-0.1, -0.05) is 17.7 Å². The van der Waals surface area contributed by atoms with Gasteiger partial charge in [-0.15, -0.1) is 0 Å². The first-order valence-electron chi connectivity index (χ1n) is 6.36. The number of pyridine rings is 1. The molecule has 0 atom stereocenters. The summed E-state index contributed by atoms with van der Waals surface area (Å²) < 4.78 is 1.67. The molecule has 7 heteroatoms. The summed E-state index contributed by atoms with van der Waals surface area (Å²) in [6, 6.07) is 5.55. The van der Waals surface area contributed by atoms with Crippen LogP contribution in [0.2, 0.25) is 5.02 Å². The smallest absolute Gasteiger partial charge is 0.220 e. The Morgan fingerprint density at radius 2 is 2.05 bits per heavy atom. The minimum Gasteiger partial charge on any atom is -0.384 e. The summed E-state index contributed by atoms with van der Waals surface area (Å²) >= 11 is 6.15. The number of aromatic nitrogens is 4. The van der Waals surface area contributed by atoms with E-state index in [4.69, 9.17) is 17.3 Å². The number of fused-ring (bicyclic) bond motifs is 1. The second kappa shape index (κ2) is 4.68. The van der Waals surface area contributed by atoms with Crippen molar-refractivity contribution >= 4 is 23.1 Å². The average molecular weight is 304 g/mol. The molecule has 108 valence electrons. The van der Waals surface area contributed by atoms with Gasteiger partial charge in [0, 0.05) is 5.56 Å². The maximum Gasteiger partial charge on any atom is 0.220 e. The van der Waals surface area contributed by atoms with Gasteiger partial charge >= 0.3 is 0 Å². The van der Waals surface area contributed by atoms with Crippen molar-refractivity contribution in [2.75, 3.05) is 5.73 Å². The fourth-order valence-corrected chi connectivity index (χ4v) is 2.42. The van der Waals surface area contributed by atoms with Crippen molar-refractivity contribution in [3.63, 3.8) is 0 Å². The van der Waals surface area contributed by atoms with E-state index in [0.717, 1.165) is 11.1 Å². The Balaban J connectivity index is 2.29. The van der Waals surface area contributed by atoms with Crippen LogP contribution in [0.25, 0.3) is 16.8 Å². The molecule has 0 aliphatic rings. The summed E-state index contributed by atoms with van der Waals surface area (Å²) in [6.45, 7) is 3.41.